The summed E-state index contributed by atoms with van der Waals surface area (Å²) in [5, 5.41) is 0. The SMILES string of the molecule is CN(C)CCCN(c1ccccc1C1(c2ccccc2)OCCO1)c1ncccc1N. The number of rotatable bonds is 8. The lowest BCUT2D eigenvalue weighted by Gasteiger charge is -2.34. The topological polar surface area (TPSA) is 63.8 Å². The highest BCUT2D eigenvalue weighted by atomic mass is 16.7. The summed E-state index contributed by atoms with van der Waals surface area (Å²) >= 11 is 0. The Morgan fingerprint density at radius 1 is 0.903 bits per heavy atom. The van der Waals surface area contributed by atoms with Crippen LogP contribution in [0.1, 0.15) is 17.5 Å². The van der Waals surface area contributed by atoms with Gasteiger partial charge in [0.05, 0.1) is 24.6 Å². The van der Waals surface area contributed by atoms with Crippen LogP contribution < -0.4 is 10.6 Å². The molecule has 0 amide bonds. The van der Waals surface area contributed by atoms with Crippen molar-refractivity contribution in [2.45, 2.75) is 12.2 Å². The number of benzene rings is 2. The van der Waals surface area contributed by atoms with Crippen molar-refractivity contribution in [2.24, 2.45) is 0 Å². The summed E-state index contributed by atoms with van der Waals surface area (Å²) in [4.78, 5) is 8.99. The molecule has 2 N–H and O–H groups in total. The summed E-state index contributed by atoms with van der Waals surface area (Å²) in [6.45, 7) is 2.80. The quantitative estimate of drug-likeness (QED) is 0.597. The van der Waals surface area contributed by atoms with Gasteiger partial charge in [-0.15, -0.1) is 0 Å². The molecular weight excluding hydrogens is 388 g/mol. The van der Waals surface area contributed by atoms with E-state index in [2.05, 4.69) is 41.0 Å². The summed E-state index contributed by atoms with van der Waals surface area (Å²) in [5.74, 6) is -0.212. The molecule has 0 radical (unpaired) electrons. The number of anilines is 3. The maximum atomic E-state index is 6.36. The van der Waals surface area contributed by atoms with Crippen molar-refractivity contribution in [2.75, 3.05) is 51.0 Å². The van der Waals surface area contributed by atoms with Gasteiger partial charge < -0.3 is 25.0 Å². The van der Waals surface area contributed by atoms with Gasteiger partial charge in [0.25, 0.3) is 0 Å². The molecule has 31 heavy (non-hydrogen) atoms. The Labute approximate surface area is 184 Å². The first-order chi connectivity index (χ1) is 15.1. The van der Waals surface area contributed by atoms with Crippen molar-refractivity contribution in [3.05, 3.63) is 84.1 Å². The molecular formula is C25H30N4O2. The van der Waals surface area contributed by atoms with Gasteiger partial charge in [-0.1, -0.05) is 48.5 Å². The van der Waals surface area contributed by atoms with Crippen molar-refractivity contribution in [3.8, 4) is 0 Å². The highest BCUT2D eigenvalue weighted by Gasteiger charge is 2.43. The lowest BCUT2D eigenvalue weighted by Crippen LogP contribution is -2.33. The predicted molar refractivity (Wildman–Crippen MR) is 124 cm³/mol. The van der Waals surface area contributed by atoms with E-state index in [-0.39, 0.29) is 0 Å². The Morgan fingerprint density at radius 3 is 2.32 bits per heavy atom. The Balaban J connectivity index is 1.83. The summed E-state index contributed by atoms with van der Waals surface area (Å²) in [6, 6.07) is 22.1. The van der Waals surface area contributed by atoms with Crippen LogP contribution in [-0.2, 0) is 15.3 Å². The number of nitrogens with zero attached hydrogens (tertiary/aromatic N) is 3. The van der Waals surface area contributed by atoms with Gasteiger partial charge in [-0.05, 0) is 45.3 Å². The number of hydrogen-bond donors (Lipinski definition) is 1. The van der Waals surface area contributed by atoms with E-state index in [0.717, 1.165) is 42.1 Å². The summed E-state index contributed by atoms with van der Waals surface area (Å²) in [6.07, 6.45) is 2.74. The van der Waals surface area contributed by atoms with Crippen molar-refractivity contribution >= 4 is 17.2 Å². The molecule has 1 aromatic heterocycles. The first kappa shape index (κ1) is 21.3. The summed E-state index contributed by atoms with van der Waals surface area (Å²) in [7, 11) is 4.16. The Bertz CT molecular complexity index is 988. The predicted octanol–water partition coefficient (Wildman–Crippen LogP) is 4.00. The van der Waals surface area contributed by atoms with E-state index >= 15 is 0 Å². The number of aromatic nitrogens is 1. The number of ether oxygens (including phenoxy) is 2. The van der Waals surface area contributed by atoms with Gasteiger partial charge >= 0.3 is 0 Å². The van der Waals surface area contributed by atoms with Crippen molar-refractivity contribution in [1.29, 1.82) is 0 Å². The number of nitrogen functional groups attached to an aromatic ring is 1. The number of hydrogen-bond acceptors (Lipinski definition) is 6. The third-order valence-corrected chi connectivity index (χ3v) is 5.46. The van der Waals surface area contributed by atoms with Crippen LogP contribution >= 0.6 is 0 Å². The Morgan fingerprint density at radius 2 is 1.61 bits per heavy atom. The molecule has 0 atom stereocenters. The minimum atomic E-state index is -0.957. The molecule has 3 aromatic rings. The van der Waals surface area contributed by atoms with E-state index in [4.69, 9.17) is 15.2 Å². The van der Waals surface area contributed by atoms with Crippen LogP contribution in [0.3, 0.4) is 0 Å². The molecule has 0 unspecified atom stereocenters. The van der Waals surface area contributed by atoms with Crippen LogP contribution in [0.15, 0.2) is 72.9 Å². The van der Waals surface area contributed by atoms with Crippen LogP contribution in [0.4, 0.5) is 17.2 Å². The molecule has 6 heteroatoms. The van der Waals surface area contributed by atoms with E-state index in [1.54, 1.807) is 6.20 Å². The molecule has 1 fully saturated rings. The fraction of sp³-hybridized carbons (Fsp3) is 0.320. The molecule has 0 aliphatic carbocycles. The molecule has 4 rings (SSSR count). The zero-order valence-electron chi connectivity index (χ0n) is 18.2. The maximum Gasteiger partial charge on any atom is 0.224 e. The molecule has 162 valence electrons. The second kappa shape index (κ2) is 9.47. The standard InChI is InChI=1S/C25H30N4O2/c1-28(2)16-9-17-29(24-22(26)13-8-15-27-24)23-14-7-6-12-21(23)25(30-18-19-31-25)20-10-4-3-5-11-20/h3-8,10-15H,9,16-19,26H2,1-2H3. The molecule has 2 aromatic carbocycles. The van der Waals surface area contributed by atoms with Gasteiger partial charge in [0.15, 0.2) is 5.82 Å². The average Bonchev–Trinajstić information content (AvgIpc) is 3.29. The highest BCUT2D eigenvalue weighted by Crippen LogP contribution is 2.44. The maximum absolute atomic E-state index is 6.36. The molecule has 6 nitrogen and oxygen atoms in total. The minimum Gasteiger partial charge on any atom is -0.396 e. The summed E-state index contributed by atoms with van der Waals surface area (Å²) < 4.78 is 12.6. The average molecular weight is 419 g/mol. The van der Waals surface area contributed by atoms with Gasteiger partial charge in [0.2, 0.25) is 5.79 Å². The van der Waals surface area contributed by atoms with Gasteiger partial charge in [-0.25, -0.2) is 4.98 Å². The normalized spacial score (nSPS) is 15.3. The lowest BCUT2D eigenvalue weighted by molar-refractivity contribution is -0.129. The molecule has 1 aliphatic rings. The van der Waals surface area contributed by atoms with Crippen LogP contribution in [0.25, 0.3) is 0 Å². The number of para-hydroxylation sites is 1. The zero-order valence-corrected chi connectivity index (χ0v) is 18.2. The Kier molecular flexibility index (Phi) is 6.51. The minimum absolute atomic E-state index is 0.537. The zero-order chi connectivity index (χ0) is 21.7. The summed E-state index contributed by atoms with van der Waals surface area (Å²) in [5.41, 5.74) is 9.91. The van der Waals surface area contributed by atoms with E-state index in [1.807, 2.05) is 54.6 Å². The second-order valence-corrected chi connectivity index (χ2v) is 7.92. The first-order valence-electron chi connectivity index (χ1n) is 10.7. The molecule has 0 spiro atoms. The number of nitrogens with two attached hydrogens (primary N) is 1. The van der Waals surface area contributed by atoms with Crippen molar-refractivity contribution in [3.63, 3.8) is 0 Å². The smallest absolute Gasteiger partial charge is 0.224 e. The van der Waals surface area contributed by atoms with Crippen molar-refractivity contribution < 1.29 is 9.47 Å². The molecule has 0 bridgehead atoms. The second-order valence-electron chi connectivity index (χ2n) is 7.92. The van der Waals surface area contributed by atoms with Crippen molar-refractivity contribution in [1.82, 2.24) is 9.88 Å². The third kappa shape index (κ3) is 4.42. The Hall–Kier alpha value is -2.93. The molecule has 1 aliphatic heterocycles. The van der Waals surface area contributed by atoms with Gasteiger partial charge in [0, 0.05) is 23.9 Å². The van der Waals surface area contributed by atoms with Crippen LogP contribution in [-0.4, -0.2) is 50.3 Å². The van der Waals surface area contributed by atoms with E-state index in [9.17, 15) is 0 Å². The highest BCUT2D eigenvalue weighted by molar-refractivity contribution is 5.73. The third-order valence-electron chi connectivity index (χ3n) is 5.46. The molecule has 0 saturated carbocycles. The van der Waals surface area contributed by atoms with E-state index in [0.29, 0.717) is 18.9 Å². The van der Waals surface area contributed by atoms with Crippen LogP contribution in [0.2, 0.25) is 0 Å². The van der Waals surface area contributed by atoms with Crippen LogP contribution in [0.5, 0.6) is 0 Å². The molecule has 2 heterocycles. The number of pyridine rings is 1. The van der Waals surface area contributed by atoms with Gasteiger partial charge in [0.1, 0.15) is 0 Å². The lowest BCUT2D eigenvalue weighted by atomic mass is 9.95. The van der Waals surface area contributed by atoms with E-state index < -0.39 is 5.79 Å². The molecule has 1 saturated heterocycles. The monoisotopic (exact) mass is 418 g/mol. The van der Waals surface area contributed by atoms with E-state index in [1.165, 1.54) is 0 Å². The van der Waals surface area contributed by atoms with Crippen LogP contribution in [0, 0.1) is 0 Å². The fourth-order valence-electron chi connectivity index (χ4n) is 4.06. The van der Waals surface area contributed by atoms with Gasteiger partial charge in [-0.2, -0.15) is 0 Å². The fourth-order valence-corrected chi connectivity index (χ4v) is 4.06. The van der Waals surface area contributed by atoms with Gasteiger partial charge in [-0.3, -0.25) is 0 Å². The largest absolute Gasteiger partial charge is 0.396 e. The first-order valence-corrected chi connectivity index (χ1v) is 10.7.